The Morgan fingerprint density at radius 2 is 1.86 bits per heavy atom. The predicted octanol–water partition coefficient (Wildman–Crippen LogP) is 5.57. The van der Waals surface area contributed by atoms with E-state index in [4.69, 9.17) is 4.74 Å². The van der Waals surface area contributed by atoms with Gasteiger partial charge in [0.15, 0.2) is 0 Å². The first-order chi connectivity index (χ1) is 13.5. The molecule has 0 saturated carbocycles. The van der Waals surface area contributed by atoms with Gasteiger partial charge in [-0.15, -0.1) is 11.3 Å². The van der Waals surface area contributed by atoms with Gasteiger partial charge in [-0.1, -0.05) is 30.3 Å². The van der Waals surface area contributed by atoms with E-state index in [0.717, 1.165) is 11.7 Å². The minimum Gasteiger partial charge on any atom is -0.462 e. The van der Waals surface area contributed by atoms with Crippen molar-refractivity contribution >= 4 is 36.2 Å². The summed E-state index contributed by atoms with van der Waals surface area (Å²) in [5.74, 6) is -0.319. The lowest BCUT2D eigenvalue weighted by molar-refractivity contribution is -0.113. The number of amides is 1. The van der Waals surface area contributed by atoms with Crippen LogP contribution in [-0.4, -0.2) is 37.0 Å². The van der Waals surface area contributed by atoms with Crippen LogP contribution < -0.4 is 5.32 Å². The largest absolute Gasteiger partial charge is 0.462 e. The molecular formula is C22H29NO3PS+. The molecule has 2 aromatic rings. The Bertz CT molecular complexity index is 812. The molecular weight excluding hydrogens is 389 g/mol. The van der Waals surface area contributed by atoms with Gasteiger partial charge in [-0.05, 0) is 49.6 Å². The maximum Gasteiger partial charge on any atom is 0.350 e. The van der Waals surface area contributed by atoms with Crippen LogP contribution in [0.1, 0.15) is 47.0 Å². The van der Waals surface area contributed by atoms with Crippen LogP contribution >= 0.6 is 18.6 Å². The minimum absolute atomic E-state index is 0.0400. The van der Waals surface area contributed by atoms with Crippen LogP contribution in [0.5, 0.6) is 0 Å². The normalized spacial score (nSPS) is 15.8. The number of ether oxygens (including phenoxy) is 1. The number of carbonyl (C=O) groups is 2. The van der Waals surface area contributed by atoms with E-state index in [-0.39, 0.29) is 11.9 Å². The molecule has 0 bridgehead atoms. The smallest absolute Gasteiger partial charge is 0.350 e. The fraction of sp³-hybridized carbons (Fsp3) is 0.455. The molecule has 6 heteroatoms. The van der Waals surface area contributed by atoms with E-state index in [9.17, 15) is 9.59 Å². The van der Waals surface area contributed by atoms with E-state index < -0.39 is 7.26 Å². The molecule has 0 atom stereocenters. The molecule has 4 nitrogen and oxygen atoms in total. The van der Waals surface area contributed by atoms with Gasteiger partial charge in [-0.2, -0.15) is 0 Å². The van der Waals surface area contributed by atoms with Gasteiger partial charge >= 0.3 is 5.97 Å². The molecule has 1 saturated heterocycles. The highest BCUT2D eigenvalue weighted by Gasteiger charge is 2.41. The number of thiophene rings is 1. The third kappa shape index (κ3) is 5.21. The maximum atomic E-state index is 13.0. The van der Waals surface area contributed by atoms with E-state index in [1.165, 1.54) is 48.5 Å². The molecule has 1 aliphatic heterocycles. The van der Waals surface area contributed by atoms with Crippen LogP contribution in [0.3, 0.4) is 0 Å². The number of esters is 1. The molecule has 0 aliphatic carbocycles. The molecule has 0 spiro atoms. The number of benzene rings is 1. The van der Waals surface area contributed by atoms with E-state index >= 15 is 0 Å². The van der Waals surface area contributed by atoms with E-state index in [2.05, 4.69) is 29.6 Å². The first kappa shape index (κ1) is 21.0. The second-order valence-electron chi connectivity index (χ2n) is 7.54. The summed E-state index contributed by atoms with van der Waals surface area (Å²) < 4.78 is 5.14. The van der Waals surface area contributed by atoms with Crippen LogP contribution in [-0.2, 0) is 15.7 Å². The van der Waals surface area contributed by atoms with Crippen molar-refractivity contribution in [2.45, 2.75) is 39.3 Å². The highest BCUT2D eigenvalue weighted by molar-refractivity contribution is 7.76. The quantitative estimate of drug-likeness (QED) is 0.472. The molecule has 1 aliphatic rings. The summed E-state index contributed by atoms with van der Waals surface area (Å²) in [7, 11) is -1.38. The summed E-state index contributed by atoms with van der Waals surface area (Å²) in [4.78, 5) is 25.7. The van der Waals surface area contributed by atoms with Gasteiger partial charge in [-0.25, -0.2) is 4.79 Å². The molecule has 1 aromatic heterocycles. The number of hydrogen-bond acceptors (Lipinski definition) is 4. The van der Waals surface area contributed by atoms with Crippen molar-refractivity contribution in [1.82, 2.24) is 0 Å². The number of nitrogens with one attached hydrogen (secondary N) is 1. The Kier molecular flexibility index (Phi) is 7.25. The van der Waals surface area contributed by atoms with Crippen molar-refractivity contribution in [2.24, 2.45) is 0 Å². The Morgan fingerprint density at radius 3 is 2.54 bits per heavy atom. The number of hydrogen-bond donors (Lipinski definition) is 1. The van der Waals surface area contributed by atoms with E-state index in [0.29, 0.717) is 23.3 Å². The van der Waals surface area contributed by atoms with Crippen molar-refractivity contribution in [1.29, 1.82) is 0 Å². The zero-order chi connectivity index (χ0) is 20.0. The minimum atomic E-state index is -1.38. The average molecular weight is 419 g/mol. The van der Waals surface area contributed by atoms with Crippen molar-refractivity contribution < 1.29 is 14.3 Å². The second-order valence-corrected chi connectivity index (χ2v) is 12.6. The number of carbonyl (C=O) groups excluding carboxylic acids is 2. The van der Waals surface area contributed by atoms with Gasteiger partial charge in [0.2, 0.25) is 0 Å². The summed E-state index contributed by atoms with van der Waals surface area (Å²) in [6, 6.07) is 10.6. The van der Waals surface area contributed by atoms with Crippen molar-refractivity contribution in [2.75, 3.05) is 30.4 Å². The summed E-state index contributed by atoms with van der Waals surface area (Å²) >= 11 is 1.33. The molecule has 0 radical (unpaired) electrons. The predicted molar refractivity (Wildman–Crippen MR) is 119 cm³/mol. The van der Waals surface area contributed by atoms with Gasteiger partial charge in [-0.3, -0.25) is 4.79 Å². The highest BCUT2D eigenvalue weighted by atomic mass is 32.1. The zero-order valence-corrected chi connectivity index (χ0v) is 18.4. The molecule has 1 N–H and O–H groups in total. The molecule has 28 heavy (non-hydrogen) atoms. The van der Waals surface area contributed by atoms with E-state index in [1.807, 2.05) is 18.4 Å². The maximum absolute atomic E-state index is 13.0. The van der Waals surface area contributed by atoms with Gasteiger partial charge in [0.05, 0.1) is 30.8 Å². The summed E-state index contributed by atoms with van der Waals surface area (Å²) in [5.41, 5.74) is 2.88. The second kappa shape index (κ2) is 9.67. The molecule has 1 amide bonds. The van der Waals surface area contributed by atoms with Crippen LogP contribution in [0.4, 0.5) is 5.69 Å². The first-order valence-corrected chi connectivity index (χ1v) is 13.4. The SMILES string of the molecule is CCOC(=O)c1scc(C)c1NC(=O)C[P+]1(Cc2ccccc2)CCCCC1. The molecule has 3 rings (SSSR count). The molecule has 0 unspecified atom stereocenters. The highest BCUT2D eigenvalue weighted by Crippen LogP contribution is 2.64. The van der Waals surface area contributed by atoms with Gasteiger partial charge in [0.1, 0.15) is 11.0 Å². The Labute approximate surface area is 172 Å². The van der Waals surface area contributed by atoms with Crippen LogP contribution in [0.25, 0.3) is 0 Å². The van der Waals surface area contributed by atoms with E-state index in [1.54, 1.807) is 6.92 Å². The van der Waals surface area contributed by atoms with Crippen molar-refractivity contribution in [3.05, 3.63) is 51.7 Å². The fourth-order valence-electron chi connectivity index (χ4n) is 3.96. The average Bonchev–Trinajstić information content (AvgIpc) is 3.03. The van der Waals surface area contributed by atoms with Gasteiger partial charge in [0.25, 0.3) is 5.91 Å². The lowest BCUT2D eigenvalue weighted by Crippen LogP contribution is -2.25. The molecule has 150 valence electrons. The van der Waals surface area contributed by atoms with Crippen molar-refractivity contribution in [3.8, 4) is 0 Å². The van der Waals surface area contributed by atoms with Crippen molar-refractivity contribution in [3.63, 3.8) is 0 Å². The molecule has 2 heterocycles. The van der Waals surface area contributed by atoms with Crippen LogP contribution in [0.15, 0.2) is 35.7 Å². The number of aryl methyl sites for hydroxylation is 1. The fourth-order valence-corrected chi connectivity index (χ4v) is 9.28. The third-order valence-electron chi connectivity index (χ3n) is 5.30. The Balaban J connectivity index is 1.74. The molecule has 1 aromatic carbocycles. The number of anilines is 1. The summed E-state index contributed by atoms with van der Waals surface area (Å²) in [5, 5.41) is 4.95. The summed E-state index contributed by atoms with van der Waals surface area (Å²) in [6.07, 6.45) is 7.72. The molecule has 1 fully saturated rings. The Morgan fingerprint density at radius 1 is 1.14 bits per heavy atom. The van der Waals surface area contributed by atoms with Gasteiger partial charge in [0, 0.05) is 7.26 Å². The van der Waals surface area contributed by atoms with Crippen LogP contribution in [0, 0.1) is 6.92 Å². The topological polar surface area (TPSA) is 55.4 Å². The number of rotatable bonds is 7. The third-order valence-corrected chi connectivity index (χ3v) is 10.9. The monoisotopic (exact) mass is 418 g/mol. The standard InChI is InChI=1S/C22H28NO3PS/c1-3-26-22(25)21-20(17(2)16-28-21)23-19(24)15-27(12-8-5-9-13-27)14-18-10-6-4-7-11-18/h4,6-7,10-11,16H,3,5,8-9,12-15H2,1-2H3/p+1. The first-order valence-electron chi connectivity index (χ1n) is 9.97. The summed E-state index contributed by atoms with van der Waals surface area (Å²) in [6.45, 7) is 4.04. The lowest BCUT2D eigenvalue weighted by atomic mass is 10.2. The lowest BCUT2D eigenvalue weighted by Gasteiger charge is -2.30. The zero-order valence-electron chi connectivity index (χ0n) is 16.7. The van der Waals surface area contributed by atoms with Gasteiger partial charge < -0.3 is 10.1 Å². The van der Waals surface area contributed by atoms with Crippen LogP contribution in [0.2, 0.25) is 0 Å². The Hall–Kier alpha value is -1.71.